The Morgan fingerprint density at radius 2 is 1.64 bits per heavy atom. The quantitative estimate of drug-likeness (QED) is 0.688. The molecule has 0 spiro atoms. The van der Waals surface area contributed by atoms with Gasteiger partial charge < -0.3 is 10.2 Å². The van der Waals surface area contributed by atoms with E-state index >= 15 is 0 Å². The zero-order chi connectivity index (χ0) is 19.9. The molecular weight excluding hydrogens is 395 g/mol. The Morgan fingerprint density at radius 1 is 0.929 bits per heavy atom. The maximum Gasteiger partial charge on any atom is 0.255 e. The van der Waals surface area contributed by atoms with E-state index in [2.05, 4.69) is 5.32 Å². The predicted octanol–water partition coefficient (Wildman–Crippen LogP) is 5.58. The number of anilines is 1. The molecule has 1 N–H and O–H groups in total. The van der Waals surface area contributed by atoms with Gasteiger partial charge in [-0.1, -0.05) is 54.2 Å². The lowest BCUT2D eigenvalue weighted by molar-refractivity contribution is -0.116. The van der Waals surface area contributed by atoms with Crippen LogP contribution >= 0.6 is 23.2 Å². The minimum atomic E-state index is -0.137. The largest absolute Gasteiger partial charge is 0.339 e. The summed E-state index contributed by atoms with van der Waals surface area (Å²) in [5.74, 6) is -0.149. The summed E-state index contributed by atoms with van der Waals surface area (Å²) >= 11 is 12.0. The summed E-state index contributed by atoms with van der Waals surface area (Å²) in [5.41, 5.74) is 2.06. The molecule has 1 fully saturated rings. The molecule has 0 unspecified atom stereocenters. The van der Waals surface area contributed by atoms with Crippen LogP contribution in [0, 0.1) is 0 Å². The smallest absolute Gasteiger partial charge is 0.255 e. The molecule has 0 aromatic heterocycles. The number of hydrogen-bond acceptors (Lipinski definition) is 2. The number of carbonyl (C=O) groups excluding carboxylic acids is 2. The number of nitrogens with zero attached hydrogens (tertiary/aromatic N) is 1. The maximum absolute atomic E-state index is 13.0. The highest BCUT2D eigenvalue weighted by atomic mass is 35.5. The molecule has 148 valence electrons. The van der Waals surface area contributed by atoms with Crippen LogP contribution < -0.4 is 5.32 Å². The predicted molar refractivity (Wildman–Crippen MR) is 114 cm³/mol. The maximum atomic E-state index is 13.0. The summed E-state index contributed by atoms with van der Waals surface area (Å²) in [4.78, 5) is 27.3. The van der Waals surface area contributed by atoms with Crippen molar-refractivity contribution in [2.45, 2.75) is 38.5 Å². The molecular formula is C22H24Cl2N2O2. The van der Waals surface area contributed by atoms with E-state index in [1.54, 1.807) is 24.3 Å². The number of nitrogens with one attached hydrogen (secondary N) is 1. The van der Waals surface area contributed by atoms with Crippen molar-refractivity contribution in [1.29, 1.82) is 0 Å². The molecule has 1 aliphatic heterocycles. The highest BCUT2D eigenvalue weighted by molar-refractivity contribution is 6.42. The number of aryl methyl sites for hydroxylation is 1. The van der Waals surface area contributed by atoms with Gasteiger partial charge in [-0.25, -0.2) is 0 Å². The Bertz CT molecular complexity index is 846. The number of benzene rings is 2. The van der Waals surface area contributed by atoms with Crippen molar-refractivity contribution in [3.8, 4) is 0 Å². The van der Waals surface area contributed by atoms with Crippen LogP contribution in [0.3, 0.4) is 0 Å². The molecule has 1 saturated heterocycles. The fourth-order valence-electron chi connectivity index (χ4n) is 3.39. The average molecular weight is 419 g/mol. The number of halogens is 2. The monoisotopic (exact) mass is 418 g/mol. The van der Waals surface area contributed by atoms with Crippen molar-refractivity contribution in [2.24, 2.45) is 0 Å². The van der Waals surface area contributed by atoms with Crippen LogP contribution in [0.25, 0.3) is 0 Å². The zero-order valence-electron chi connectivity index (χ0n) is 15.7. The Morgan fingerprint density at radius 3 is 2.36 bits per heavy atom. The van der Waals surface area contributed by atoms with Crippen molar-refractivity contribution in [2.75, 3.05) is 18.4 Å². The standard InChI is InChI=1S/C22H24Cl2N2O2/c23-18-11-9-16(15-19(18)24)10-12-21(27)25-20-8-4-3-7-17(20)22(28)26-13-5-1-2-6-14-26/h3-4,7-9,11,15H,1-2,5-6,10,12-14H2,(H,25,27). The topological polar surface area (TPSA) is 49.4 Å². The van der Waals surface area contributed by atoms with E-state index in [4.69, 9.17) is 23.2 Å². The van der Waals surface area contributed by atoms with Gasteiger partial charge in [-0.3, -0.25) is 9.59 Å². The lowest BCUT2D eigenvalue weighted by Crippen LogP contribution is -2.32. The molecule has 2 amide bonds. The van der Waals surface area contributed by atoms with Crippen LogP contribution in [-0.2, 0) is 11.2 Å². The van der Waals surface area contributed by atoms with Crippen LogP contribution in [0.4, 0.5) is 5.69 Å². The van der Waals surface area contributed by atoms with Crippen molar-refractivity contribution >= 4 is 40.7 Å². The number of hydrogen-bond donors (Lipinski definition) is 1. The fraction of sp³-hybridized carbons (Fsp3) is 0.364. The van der Waals surface area contributed by atoms with Gasteiger partial charge in [0, 0.05) is 19.5 Å². The Kier molecular flexibility index (Phi) is 7.35. The summed E-state index contributed by atoms with van der Waals surface area (Å²) in [6.07, 6.45) is 5.23. The SMILES string of the molecule is O=C(CCc1ccc(Cl)c(Cl)c1)Nc1ccccc1C(=O)N1CCCCCC1. The number of likely N-dealkylation sites (tertiary alicyclic amines) is 1. The molecule has 6 heteroatoms. The van der Waals surface area contributed by atoms with Gasteiger partial charge in [0.2, 0.25) is 5.91 Å². The molecule has 2 aromatic rings. The molecule has 3 rings (SSSR count). The summed E-state index contributed by atoms with van der Waals surface area (Å²) in [6, 6.07) is 12.6. The third-order valence-electron chi connectivity index (χ3n) is 4.95. The van der Waals surface area contributed by atoms with Gasteiger partial charge in [-0.2, -0.15) is 0 Å². The molecule has 0 bridgehead atoms. The molecule has 1 aliphatic rings. The first-order valence-electron chi connectivity index (χ1n) is 9.66. The van der Waals surface area contributed by atoms with Crippen LogP contribution in [0.5, 0.6) is 0 Å². The van der Waals surface area contributed by atoms with E-state index in [0.717, 1.165) is 44.3 Å². The van der Waals surface area contributed by atoms with Crippen LogP contribution in [-0.4, -0.2) is 29.8 Å². The second-order valence-corrected chi connectivity index (χ2v) is 7.86. The van der Waals surface area contributed by atoms with E-state index in [1.807, 2.05) is 23.1 Å². The van der Waals surface area contributed by atoms with Gasteiger partial charge in [-0.15, -0.1) is 0 Å². The van der Waals surface area contributed by atoms with E-state index in [1.165, 1.54) is 0 Å². The Hall–Kier alpha value is -2.04. The second kappa shape index (κ2) is 9.94. The highest BCUT2D eigenvalue weighted by Gasteiger charge is 2.20. The number of amides is 2. The third kappa shape index (κ3) is 5.49. The molecule has 0 saturated carbocycles. The number of rotatable bonds is 5. The normalized spacial score (nSPS) is 14.4. The second-order valence-electron chi connectivity index (χ2n) is 7.05. The Labute approximate surface area is 175 Å². The summed E-state index contributed by atoms with van der Waals surface area (Å²) in [5, 5.41) is 3.87. The van der Waals surface area contributed by atoms with E-state index in [9.17, 15) is 9.59 Å². The lowest BCUT2D eigenvalue weighted by Gasteiger charge is -2.22. The van der Waals surface area contributed by atoms with Crippen molar-refractivity contribution < 1.29 is 9.59 Å². The number of para-hydroxylation sites is 1. The summed E-state index contributed by atoms with van der Waals surface area (Å²) < 4.78 is 0. The van der Waals surface area contributed by atoms with Gasteiger partial charge in [-0.05, 0) is 49.1 Å². The summed E-state index contributed by atoms with van der Waals surface area (Å²) in [6.45, 7) is 1.55. The van der Waals surface area contributed by atoms with E-state index in [-0.39, 0.29) is 11.8 Å². The van der Waals surface area contributed by atoms with Crippen LogP contribution in [0.15, 0.2) is 42.5 Å². The van der Waals surface area contributed by atoms with E-state index in [0.29, 0.717) is 34.1 Å². The van der Waals surface area contributed by atoms with Gasteiger partial charge in [0.05, 0.1) is 21.3 Å². The molecule has 1 heterocycles. The first-order valence-corrected chi connectivity index (χ1v) is 10.4. The first-order chi connectivity index (χ1) is 13.5. The molecule has 0 radical (unpaired) electrons. The van der Waals surface area contributed by atoms with Gasteiger partial charge >= 0.3 is 0 Å². The molecule has 28 heavy (non-hydrogen) atoms. The summed E-state index contributed by atoms with van der Waals surface area (Å²) in [7, 11) is 0. The van der Waals surface area contributed by atoms with Crippen LogP contribution in [0.2, 0.25) is 10.0 Å². The van der Waals surface area contributed by atoms with Crippen molar-refractivity contribution in [3.63, 3.8) is 0 Å². The Balaban J connectivity index is 1.64. The molecule has 2 aromatic carbocycles. The fourth-order valence-corrected chi connectivity index (χ4v) is 3.71. The number of carbonyl (C=O) groups is 2. The van der Waals surface area contributed by atoms with Gasteiger partial charge in [0.25, 0.3) is 5.91 Å². The van der Waals surface area contributed by atoms with Crippen molar-refractivity contribution in [3.05, 3.63) is 63.6 Å². The van der Waals surface area contributed by atoms with Crippen molar-refractivity contribution in [1.82, 2.24) is 4.90 Å². The lowest BCUT2D eigenvalue weighted by atomic mass is 10.1. The highest BCUT2D eigenvalue weighted by Crippen LogP contribution is 2.24. The minimum absolute atomic E-state index is 0.0118. The van der Waals surface area contributed by atoms with E-state index < -0.39 is 0 Å². The third-order valence-corrected chi connectivity index (χ3v) is 5.69. The average Bonchev–Trinajstić information content (AvgIpc) is 2.98. The van der Waals surface area contributed by atoms with Crippen LogP contribution in [0.1, 0.15) is 48.0 Å². The first kappa shape index (κ1) is 20.7. The minimum Gasteiger partial charge on any atom is -0.339 e. The zero-order valence-corrected chi connectivity index (χ0v) is 17.2. The van der Waals surface area contributed by atoms with Gasteiger partial charge in [0.1, 0.15) is 0 Å². The molecule has 0 aliphatic carbocycles. The molecule has 4 nitrogen and oxygen atoms in total. The molecule has 0 atom stereocenters. The van der Waals surface area contributed by atoms with Gasteiger partial charge in [0.15, 0.2) is 0 Å².